The number of nitrogens with zero attached hydrogens (tertiary/aromatic N) is 4. The predicted molar refractivity (Wildman–Crippen MR) is 242 cm³/mol. The van der Waals surface area contributed by atoms with Gasteiger partial charge in [0.25, 0.3) is 5.88 Å². The normalized spacial score (nSPS) is 21.3. The van der Waals surface area contributed by atoms with Gasteiger partial charge in [-0.3, -0.25) is 0 Å². The maximum Gasteiger partial charge on any atom is 0.358 e. The summed E-state index contributed by atoms with van der Waals surface area (Å²) in [4.78, 5) is 24.0. The highest BCUT2D eigenvalue weighted by atomic mass is 35.5. The van der Waals surface area contributed by atoms with E-state index in [9.17, 15) is 13.2 Å². The number of hydrogen-bond acceptors (Lipinski definition) is 12. The number of fused-ring (bicyclic) bond motifs is 3. The van der Waals surface area contributed by atoms with Crippen LogP contribution in [0.2, 0.25) is 5.02 Å². The molecule has 1 unspecified atom stereocenters. The summed E-state index contributed by atoms with van der Waals surface area (Å²) in [6.07, 6.45) is 4.44. The molecule has 2 aliphatic heterocycles. The summed E-state index contributed by atoms with van der Waals surface area (Å²) in [5, 5.41) is -0.191. The Balaban J connectivity index is 1.10. The third kappa shape index (κ3) is 10.3. The van der Waals surface area contributed by atoms with Crippen molar-refractivity contribution in [1.82, 2.24) is 14.3 Å². The van der Waals surface area contributed by atoms with Crippen LogP contribution in [0.25, 0.3) is 0 Å². The molecule has 1 fully saturated rings. The largest absolute Gasteiger partial charge is 0.497 e. The Morgan fingerprint density at radius 3 is 2.31 bits per heavy atom. The minimum atomic E-state index is -3.91. The fraction of sp³-hybridized carbons (Fsp3) is 0.479. The first kappa shape index (κ1) is 47.2. The minimum absolute atomic E-state index is 0.0412. The molecule has 13 nitrogen and oxygen atoms in total. The van der Waals surface area contributed by atoms with Gasteiger partial charge in [-0.1, -0.05) is 48.9 Å². The van der Waals surface area contributed by atoms with Crippen LogP contribution in [0.4, 0.5) is 10.2 Å². The van der Waals surface area contributed by atoms with Crippen LogP contribution in [0.15, 0.2) is 84.8 Å². The number of sulfonamides is 1. The maximum absolute atomic E-state index is 16.6. The number of methoxy groups -OCH3 is 4. The number of aryl methyl sites for hydroxylation is 1. The zero-order chi connectivity index (χ0) is 45.6. The molecule has 0 N–H and O–H groups in total. The molecule has 16 heteroatoms. The molecule has 1 aromatic heterocycles. The highest BCUT2D eigenvalue weighted by Gasteiger charge is 2.45. The second kappa shape index (κ2) is 20.6. The third-order valence-corrected chi connectivity index (χ3v) is 15.6. The number of halogens is 2. The van der Waals surface area contributed by atoms with Gasteiger partial charge in [0, 0.05) is 56.3 Å². The Morgan fingerprint density at radius 1 is 1.02 bits per heavy atom. The summed E-state index contributed by atoms with van der Waals surface area (Å²) in [6, 6.07) is 20.6. The summed E-state index contributed by atoms with van der Waals surface area (Å²) >= 11 is 6.45. The Labute approximate surface area is 380 Å². The van der Waals surface area contributed by atoms with E-state index in [0.717, 1.165) is 41.5 Å². The fourth-order valence-electron chi connectivity index (χ4n) is 9.19. The van der Waals surface area contributed by atoms with Gasteiger partial charge in [-0.25, -0.2) is 27.6 Å². The van der Waals surface area contributed by atoms with E-state index in [-0.39, 0.29) is 31.1 Å². The van der Waals surface area contributed by atoms with Crippen molar-refractivity contribution < 1.29 is 46.0 Å². The van der Waals surface area contributed by atoms with Gasteiger partial charge >= 0.3 is 5.97 Å². The lowest BCUT2D eigenvalue weighted by atomic mass is 9.70. The summed E-state index contributed by atoms with van der Waals surface area (Å²) in [5.74, 6) is 0.166. The lowest BCUT2D eigenvalue weighted by Crippen LogP contribution is -2.48. The number of benzene rings is 3. The SMILES string of the molecule is COC(=O)c1cnc2c(n1)N(C[C@@H]1CCO[C@H]1C(OC)/C(F)=C/C[C@H](C)[C@@H](C)S(=O)(=O)N(Cc1ccc(OC)cc1)Cc1ccc(OC)cc1)C[C@@]1(CCCc3cc(Cl)ccc31)CO2. The van der Waals surface area contributed by atoms with Crippen LogP contribution in [0.3, 0.4) is 0 Å². The van der Waals surface area contributed by atoms with Gasteiger partial charge in [-0.05, 0) is 110 Å². The topological polar surface area (TPSA) is 139 Å². The molecule has 344 valence electrons. The van der Waals surface area contributed by atoms with E-state index in [0.29, 0.717) is 60.9 Å². The lowest BCUT2D eigenvalue weighted by molar-refractivity contribution is -0.0322. The number of allylic oxidation sites excluding steroid dienone is 1. The molecule has 0 bridgehead atoms. The van der Waals surface area contributed by atoms with Gasteiger partial charge in [0.05, 0.1) is 38.9 Å². The van der Waals surface area contributed by atoms with E-state index in [1.807, 2.05) is 43.3 Å². The van der Waals surface area contributed by atoms with Crippen LogP contribution in [0.1, 0.15) is 72.3 Å². The molecular weight excluding hydrogens is 863 g/mol. The summed E-state index contributed by atoms with van der Waals surface area (Å²) in [6.45, 7) is 5.35. The molecule has 0 amide bonds. The van der Waals surface area contributed by atoms with Gasteiger partial charge < -0.3 is 33.3 Å². The zero-order valence-electron chi connectivity index (χ0n) is 37.3. The summed E-state index contributed by atoms with van der Waals surface area (Å²) < 4.78 is 81.1. The monoisotopic (exact) mass is 920 g/mol. The smallest absolute Gasteiger partial charge is 0.358 e. The van der Waals surface area contributed by atoms with E-state index in [2.05, 4.69) is 16.0 Å². The number of anilines is 1. The molecule has 3 aliphatic rings. The van der Waals surface area contributed by atoms with Gasteiger partial charge in [-0.15, -0.1) is 0 Å². The second-order valence-corrected chi connectivity index (χ2v) is 19.8. The van der Waals surface area contributed by atoms with Crippen molar-refractivity contribution in [3.05, 3.63) is 118 Å². The van der Waals surface area contributed by atoms with E-state index in [1.54, 1.807) is 45.4 Å². The van der Waals surface area contributed by atoms with E-state index >= 15 is 4.39 Å². The lowest BCUT2D eigenvalue weighted by Gasteiger charge is -2.41. The second-order valence-electron chi connectivity index (χ2n) is 17.0. The molecule has 1 saturated heterocycles. The summed E-state index contributed by atoms with van der Waals surface area (Å²) in [5.41, 5.74) is 3.50. The van der Waals surface area contributed by atoms with Crippen LogP contribution < -0.4 is 19.1 Å². The Morgan fingerprint density at radius 2 is 1.69 bits per heavy atom. The minimum Gasteiger partial charge on any atom is -0.497 e. The zero-order valence-corrected chi connectivity index (χ0v) is 38.9. The highest BCUT2D eigenvalue weighted by molar-refractivity contribution is 7.89. The van der Waals surface area contributed by atoms with Crippen molar-refractivity contribution in [3.8, 4) is 17.4 Å². The Kier molecular flexibility index (Phi) is 15.2. The van der Waals surface area contributed by atoms with Crippen LogP contribution in [0.5, 0.6) is 17.4 Å². The molecule has 1 aliphatic carbocycles. The standard InChI is InChI=1S/C48H58ClFN4O9S/c1-31(32(2)64(56,57)54(26-33-10-15-38(58-3)16-11-33)27-34-12-17-39(59-4)18-13-34)9-20-41(50)44(60-5)43-36(21-23-62-43)28-53-29-48(22-7-8-35-24-37(49)14-19-40(35)48)30-63-46-45(53)52-42(25-51-46)47(55)61-6/h10-20,24-25,31-32,36,43-44H,7-9,21-23,26-30H2,1-6H3/b41-20-/t31-,32+,36-,43+,44?,48-/m0/s1. The van der Waals surface area contributed by atoms with E-state index in [4.69, 9.17) is 45.0 Å². The maximum atomic E-state index is 16.6. The molecule has 6 atom stereocenters. The number of carbonyl (C=O) groups excluding carboxylic acids is 1. The average Bonchev–Trinajstić information content (AvgIpc) is 3.70. The van der Waals surface area contributed by atoms with Crippen molar-refractivity contribution in [2.45, 2.75) is 81.9 Å². The number of rotatable bonds is 17. The quantitative estimate of drug-likeness (QED) is 0.0946. The molecule has 7 rings (SSSR count). The summed E-state index contributed by atoms with van der Waals surface area (Å²) in [7, 11) is 1.99. The van der Waals surface area contributed by atoms with Crippen LogP contribution >= 0.6 is 11.6 Å². The molecule has 64 heavy (non-hydrogen) atoms. The first-order valence-electron chi connectivity index (χ1n) is 21.7. The highest BCUT2D eigenvalue weighted by Crippen LogP contribution is 2.44. The van der Waals surface area contributed by atoms with Crippen molar-refractivity contribution in [2.24, 2.45) is 11.8 Å². The third-order valence-electron chi connectivity index (χ3n) is 13.0. The fourth-order valence-corrected chi connectivity index (χ4v) is 11.2. The van der Waals surface area contributed by atoms with Gasteiger partial charge in [0.1, 0.15) is 30.0 Å². The van der Waals surface area contributed by atoms with E-state index < -0.39 is 50.6 Å². The Hall–Kier alpha value is -4.80. The molecule has 1 spiro atoms. The number of carbonyl (C=O) groups is 1. The first-order valence-corrected chi connectivity index (χ1v) is 23.5. The van der Waals surface area contributed by atoms with Gasteiger partial charge in [0.2, 0.25) is 10.0 Å². The molecule has 0 saturated carbocycles. The molecular formula is C48H58ClFN4O9S. The van der Waals surface area contributed by atoms with Crippen molar-refractivity contribution in [2.75, 3.05) is 59.6 Å². The Bertz CT molecular complexity index is 2340. The van der Waals surface area contributed by atoms with Crippen molar-refractivity contribution in [3.63, 3.8) is 0 Å². The van der Waals surface area contributed by atoms with E-state index in [1.165, 1.54) is 30.8 Å². The number of hydrogen-bond donors (Lipinski definition) is 0. The average molecular weight is 922 g/mol. The number of ether oxygens (including phenoxy) is 6. The predicted octanol–water partition coefficient (Wildman–Crippen LogP) is 8.13. The van der Waals surface area contributed by atoms with Gasteiger partial charge in [0.15, 0.2) is 11.5 Å². The first-order chi connectivity index (χ1) is 30.8. The van der Waals surface area contributed by atoms with Crippen molar-refractivity contribution in [1.29, 1.82) is 0 Å². The van der Waals surface area contributed by atoms with Gasteiger partial charge in [-0.2, -0.15) is 4.31 Å². The molecule has 4 aromatic rings. The number of esters is 1. The number of aromatic nitrogens is 2. The molecule has 3 aromatic carbocycles. The van der Waals surface area contributed by atoms with Crippen LogP contribution in [-0.2, 0) is 49.2 Å². The van der Waals surface area contributed by atoms with Crippen molar-refractivity contribution >= 4 is 33.4 Å². The molecule has 3 heterocycles. The van der Waals surface area contributed by atoms with Crippen LogP contribution in [-0.4, -0.2) is 101 Å². The molecule has 0 radical (unpaired) electrons. The van der Waals surface area contributed by atoms with Crippen LogP contribution in [0, 0.1) is 11.8 Å².